The van der Waals surface area contributed by atoms with E-state index in [4.69, 9.17) is 11.6 Å². The predicted molar refractivity (Wildman–Crippen MR) is 64.6 cm³/mol. The topological polar surface area (TPSA) is 45.1 Å². The van der Waals surface area contributed by atoms with E-state index in [0.29, 0.717) is 17.3 Å². The van der Waals surface area contributed by atoms with Crippen molar-refractivity contribution in [3.8, 4) is 5.75 Å². The smallest absolute Gasteiger partial charge is 0.129 e. The SMILES string of the molecule is Oc1cc(F)cc(CNc2ccc(Cl)nc2)c1. The van der Waals surface area contributed by atoms with Crippen LogP contribution in [0, 0.1) is 5.82 Å². The van der Waals surface area contributed by atoms with Crippen LogP contribution in [0.3, 0.4) is 0 Å². The minimum atomic E-state index is -0.462. The van der Waals surface area contributed by atoms with E-state index in [1.165, 1.54) is 12.1 Å². The number of aromatic nitrogens is 1. The first-order chi connectivity index (χ1) is 8.13. The molecule has 1 aromatic carbocycles. The lowest BCUT2D eigenvalue weighted by atomic mass is 10.2. The standard InChI is InChI=1S/C12H10ClFN2O/c13-12-2-1-10(7-16-12)15-6-8-3-9(14)5-11(17)4-8/h1-5,7,15,17H,6H2. The molecule has 88 valence electrons. The molecule has 0 radical (unpaired) electrons. The Bertz CT molecular complexity index is 496. The number of hydrogen-bond donors (Lipinski definition) is 2. The monoisotopic (exact) mass is 252 g/mol. The van der Waals surface area contributed by atoms with Gasteiger partial charge in [0, 0.05) is 12.6 Å². The number of nitrogens with zero attached hydrogens (tertiary/aromatic N) is 1. The summed E-state index contributed by atoms with van der Waals surface area (Å²) >= 11 is 5.65. The van der Waals surface area contributed by atoms with Gasteiger partial charge in [0.15, 0.2) is 0 Å². The van der Waals surface area contributed by atoms with Crippen LogP contribution in [0.4, 0.5) is 10.1 Å². The number of aromatic hydroxyl groups is 1. The molecule has 1 heterocycles. The van der Waals surface area contributed by atoms with Crippen LogP contribution in [0.1, 0.15) is 5.56 Å². The molecule has 0 saturated carbocycles. The number of halogens is 2. The number of rotatable bonds is 3. The zero-order valence-electron chi connectivity index (χ0n) is 8.82. The molecule has 0 amide bonds. The predicted octanol–water partition coefficient (Wildman–Crippen LogP) is 3.19. The van der Waals surface area contributed by atoms with E-state index >= 15 is 0 Å². The summed E-state index contributed by atoms with van der Waals surface area (Å²) in [5.74, 6) is -0.549. The number of nitrogens with one attached hydrogen (secondary N) is 1. The average molecular weight is 253 g/mol. The highest BCUT2D eigenvalue weighted by Gasteiger charge is 2.00. The van der Waals surface area contributed by atoms with Crippen molar-refractivity contribution in [1.29, 1.82) is 0 Å². The summed E-state index contributed by atoms with van der Waals surface area (Å²) in [5, 5.41) is 12.7. The summed E-state index contributed by atoms with van der Waals surface area (Å²) < 4.78 is 13.0. The van der Waals surface area contributed by atoms with E-state index in [1.54, 1.807) is 18.3 Å². The fraction of sp³-hybridized carbons (Fsp3) is 0.0833. The number of hydrogen-bond acceptors (Lipinski definition) is 3. The first-order valence-corrected chi connectivity index (χ1v) is 5.35. The zero-order chi connectivity index (χ0) is 12.3. The molecule has 2 aromatic rings. The molecule has 0 fully saturated rings. The Morgan fingerprint density at radius 1 is 1.29 bits per heavy atom. The molecule has 0 unspecified atom stereocenters. The second-order valence-electron chi connectivity index (χ2n) is 3.54. The number of pyridine rings is 1. The average Bonchev–Trinajstić information content (AvgIpc) is 2.27. The third kappa shape index (κ3) is 3.32. The highest BCUT2D eigenvalue weighted by Crippen LogP contribution is 2.16. The van der Waals surface area contributed by atoms with Crippen molar-refractivity contribution in [3.05, 3.63) is 53.1 Å². The van der Waals surface area contributed by atoms with Crippen molar-refractivity contribution in [2.75, 3.05) is 5.32 Å². The van der Waals surface area contributed by atoms with Crippen molar-refractivity contribution >= 4 is 17.3 Å². The van der Waals surface area contributed by atoms with Gasteiger partial charge >= 0.3 is 0 Å². The van der Waals surface area contributed by atoms with Crippen LogP contribution in [0.5, 0.6) is 5.75 Å². The fourth-order valence-electron chi connectivity index (χ4n) is 1.42. The third-order valence-corrected chi connectivity index (χ3v) is 2.39. The van der Waals surface area contributed by atoms with Gasteiger partial charge in [-0.05, 0) is 29.8 Å². The van der Waals surface area contributed by atoms with Gasteiger partial charge in [0.05, 0.1) is 11.9 Å². The summed E-state index contributed by atoms with van der Waals surface area (Å²) in [5.41, 5.74) is 1.43. The molecular weight excluding hydrogens is 243 g/mol. The van der Waals surface area contributed by atoms with Crippen molar-refractivity contribution in [2.45, 2.75) is 6.54 Å². The zero-order valence-corrected chi connectivity index (χ0v) is 9.58. The Morgan fingerprint density at radius 2 is 2.12 bits per heavy atom. The lowest BCUT2D eigenvalue weighted by Crippen LogP contribution is -2.00. The fourth-order valence-corrected chi connectivity index (χ4v) is 1.53. The second-order valence-corrected chi connectivity index (χ2v) is 3.93. The second kappa shape index (κ2) is 5.01. The van der Waals surface area contributed by atoms with Gasteiger partial charge in [-0.25, -0.2) is 9.37 Å². The van der Waals surface area contributed by atoms with E-state index in [9.17, 15) is 9.50 Å². The molecule has 0 spiro atoms. The first-order valence-electron chi connectivity index (χ1n) is 4.97. The molecule has 1 aromatic heterocycles. The largest absolute Gasteiger partial charge is 0.508 e. The number of phenols is 1. The maximum Gasteiger partial charge on any atom is 0.129 e. The molecule has 0 aliphatic rings. The van der Waals surface area contributed by atoms with Crippen LogP contribution in [0.15, 0.2) is 36.5 Å². The molecule has 17 heavy (non-hydrogen) atoms. The Balaban J connectivity index is 2.04. The number of benzene rings is 1. The van der Waals surface area contributed by atoms with Gasteiger partial charge in [-0.3, -0.25) is 0 Å². The lowest BCUT2D eigenvalue weighted by molar-refractivity contribution is 0.468. The quantitative estimate of drug-likeness (QED) is 0.825. The third-order valence-electron chi connectivity index (χ3n) is 2.17. The van der Waals surface area contributed by atoms with E-state index in [2.05, 4.69) is 10.3 Å². The van der Waals surface area contributed by atoms with E-state index in [-0.39, 0.29) is 5.75 Å². The van der Waals surface area contributed by atoms with Gasteiger partial charge in [0.25, 0.3) is 0 Å². The Morgan fingerprint density at radius 3 is 2.76 bits per heavy atom. The van der Waals surface area contributed by atoms with Crippen LogP contribution in [-0.2, 0) is 6.54 Å². The molecule has 0 aliphatic carbocycles. The summed E-state index contributed by atoms with van der Waals surface area (Å²) in [4.78, 5) is 3.91. The Hall–Kier alpha value is -1.81. The normalized spacial score (nSPS) is 10.2. The summed E-state index contributed by atoms with van der Waals surface area (Å²) in [6.07, 6.45) is 1.58. The maximum atomic E-state index is 13.0. The van der Waals surface area contributed by atoms with Crippen molar-refractivity contribution in [2.24, 2.45) is 0 Å². The van der Waals surface area contributed by atoms with Gasteiger partial charge in [-0.15, -0.1) is 0 Å². The highest BCUT2D eigenvalue weighted by atomic mass is 35.5. The van der Waals surface area contributed by atoms with Crippen LogP contribution in [0.25, 0.3) is 0 Å². The number of anilines is 1. The van der Waals surface area contributed by atoms with Crippen molar-refractivity contribution in [3.63, 3.8) is 0 Å². The highest BCUT2D eigenvalue weighted by molar-refractivity contribution is 6.29. The molecule has 2 rings (SSSR count). The van der Waals surface area contributed by atoms with Crippen LogP contribution in [-0.4, -0.2) is 10.1 Å². The van der Waals surface area contributed by atoms with Crippen LogP contribution in [0.2, 0.25) is 5.15 Å². The molecule has 0 aliphatic heterocycles. The molecule has 0 atom stereocenters. The minimum Gasteiger partial charge on any atom is -0.508 e. The Kier molecular flexibility index (Phi) is 3.44. The summed E-state index contributed by atoms with van der Waals surface area (Å²) in [6, 6.07) is 7.35. The van der Waals surface area contributed by atoms with Crippen LogP contribution >= 0.6 is 11.6 Å². The lowest BCUT2D eigenvalue weighted by Gasteiger charge is -2.06. The molecule has 0 bridgehead atoms. The van der Waals surface area contributed by atoms with Gasteiger partial charge in [0.2, 0.25) is 0 Å². The van der Waals surface area contributed by atoms with E-state index in [0.717, 1.165) is 11.8 Å². The maximum absolute atomic E-state index is 13.0. The van der Waals surface area contributed by atoms with Gasteiger partial charge in [0.1, 0.15) is 16.7 Å². The molecule has 3 nitrogen and oxygen atoms in total. The first kappa shape index (κ1) is 11.7. The van der Waals surface area contributed by atoms with Crippen molar-refractivity contribution in [1.82, 2.24) is 4.98 Å². The van der Waals surface area contributed by atoms with Crippen LogP contribution < -0.4 is 5.32 Å². The van der Waals surface area contributed by atoms with Crippen molar-refractivity contribution < 1.29 is 9.50 Å². The molecule has 5 heteroatoms. The molecule has 2 N–H and O–H groups in total. The Labute approximate surface area is 103 Å². The van der Waals surface area contributed by atoms with E-state index in [1.807, 2.05) is 0 Å². The molecular formula is C12H10ClFN2O. The number of phenolic OH excluding ortho intramolecular Hbond substituents is 1. The minimum absolute atomic E-state index is 0.0870. The van der Waals surface area contributed by atoms with Gasteiger partial charge in [-0.1, -0.05) is 11.6 Å². The summed E-state index contributed by atoms with van der Waals surface area (Å²) in [7, 11) is 0. The summed E-state index contributed by atoms with van der Waals surface area (Å²) in [6.45, 7) is 0.397. The van der Waals surface area contributed by atoms with E-state index < -0.39 is 5.82 Å². The van der Waals surface area contributed by atoms with Gasteiger partial charge < -0.3 is 10.4 Å². The van der Waals surface area contributed by atoms with Gasteiger partial charge in [-0.2, -0.15) is 0 Å². The molecule has 0 saturated heterocycles.